The summed E-state index contributed by atoms with van der Waals surface area (Å²) in [5.41, 5.74) is 8.03. The minimum Gasteiger partial charge on any atom is -0.399 e. The highest BCUT2D eigenvalue weighted by atomic mass is 16.2. The first-order valence-corrected chi connectivity index (χ1v) is 6.17. The molecule has 0 saturated heterocycles. The summed E-state index contributed by atoms with van der Waals surface area (Å²) in [5.74, 6) is -0.0971. The van der Waals surface area contributed by atoms with Gasteiger partial charge in [-0.25, -0.2) is 0 Å². The van der Waals surface area contributed by atoms with Gasteiger partial charge in [0.15, 0.2) is 0 Å². The van der Waals surface area contributed by atoms with E-state index >= 15 is 0 Å². The molecule has 1 rings (SSSR count). The number of hydrogen-bond acceptors (Lipinski definition) is 4. The van der Waals surface area contributed by atoms with Crippen LogP contribution in [0.1, 0.15) is 18.9 Å². The molecule has 0 aromatic heterocycles. The number of anilines is 2. The first-order chi connectivity index (χ1) is 8.93. The summed E-state index contributed by atoms with van der Waals surface area (Å²) in [6, 6.07) is 7.52. The molecular formula is C14H20N4O. The van der Waals surface area contributed by atoms with Crippen LogP contribution < -0.4 is 11.1 Å². The van der Waals surface area contributed by atoms with Crippen LogP contribution in [0.2, 0.25) is 0 Å². The lowest BCUT2D eigenvalue weighted by molar-refractivity contribution is -0.117. The van der Waals surface area contributed by atoms with Crippen LogP contribution in [0.3, 0.4) is 0 Å². The molecule has 0 aliphatic rings. The summed E-state index contributed by atoms with van der Waals surface area (Å²) in [7, 11) is 1.83. The number of nitrogen functional groups attached to an aromatic ring is 1. The van der Waals surface area contributed by atoms with Crippen LogP contribution in [-0.4, -0.2) is 30.4 Å². The highest BCUT2D eigenvalue weighted by molar-refractivity contribution is 5.93. The van der Waals surface area contributed by atoms with Crippen molar-refractivity contribution in [1.29, 1.82) is 5.26 Å². The second-order valence-electron chi connectivity index (χ2n) is 4.75. The topological polar surface area (TPSA) is 82.2 Å². The third-order valence-electron chi connectivity index (χ3n) is 3.06. The number of carbonyl (C=O) groups excluding carboxylic acids is 1. The lowest BCUT2D eigenvalue weighted by Gasteiger charge is -2.22. The summed E-state index contributed by atoms with van der Waals surface area (Å²) in [6.45, 7) is 4.08. The Kier molecular flexibility index (Phi) is 5.34. The molecule has 19 heavy (non-hydrogen) atoms. The van der Waals surface area contributed by atoms with E-state index in [2.05, 4.69) is 11.4 Å². The molecule has 0 aliphatic heterocycles. The quantitative estimate of drug-likeness (QED) is 0.790. The Bertz CT molecular complexity index is 493. The molecule has 0 heterocycles. The molecule has 1 atom stereocenters. The standard InChI is InChI=1S/C14H20N4O/c1-10-8-12(16)4-5-13(10)17-14(19)9-18(3)11(2)6-7-15/h4-5,8,11H,6,9,16H2,1-3H3,(H,17,19). The maximum atomic E-state index is 11.9. The molecule has 5 nitrogen and oxygen atoms in total. The monoisotopic (exact) mass is 260 g/mol. The molecule has 3 N–H and O–H groups in total. The lowest BCUT2D eigenvalue weighted by Crippen LogP contribution is -2.36. The van der Waals surface area contributed by atoms with Crippen LogP contribution in [0, 0.1) is 18.3 Å². The van der Waals surface area contributed by atoms with E-state index in [4.69, 9.17) is 11.0 Å². The van der Waals surface area contributed by atoms with Crippen molar-refractivity contribution in [3.63, 3.8) is 0 Å². The number of carbonyl (C=O) groups is 1. The highest BCUT2D eigenvalue weighted by Gasteiger charge is 2.13. The molecule has 1 amide bonds. The predicted molar refractivity (Wildman–Crippen MR) is 76.5 cm³/mol. The zero-order valence-electron chi connectivity index (χ0n) is 11.6. The molecule has 0 spiro atoms. The van der Waals surface area contributed by atoms with E-state index in [-0.39, 0.29) is 18.5 Å². The molecule has 0 radical (unpaired) electrons. The normalized spacial score (nSPS) is 11.9. The SMILES string of the molecule is Cc1cc(N)ccc1NC(=O)CN(C)C(C)CC#N. The lowest BCUT2D eigenvalue weighted by atomic mass is 10.2. The number of aryl methyl sites for hydroxylation is 1. The Morgan fingerprint density at radius 3 is 2.84 bits per heavy atom. The summed E-state index contributed by atoms with van der Waals surface area (Å²) < 4.78 is 0. The number of nitriles is 1. The van der Waals surface area contributed by atoms with Gasteiger partial charge in [0, 0.05) is 17.4 Å². The van der Waals surface area contributed by atoms with Gasteiger partial charge in [0.1, 0.15) is 0 Å². The van der Waals surface area contributed by atoms with Crippen molar-refractivity contribution < 1.29 is 4.79 Å². The van der Waals surface area contributed by atoms with Crippen LogP contribution in [-0.2, 0) is 4.79 Å². The number of benzene rings is 1. The minimum atomic E-state index is -0.0971. The van der Waals surface area contributed by atoms with Crippen molar-refractivity contribution in [2.45, 2.75) is 26.3 Å². The fourth-order valence-corrected chi connectivity index (χ4v) is 1.69. The van der Waals surface area contributed by atoms with Gasteiger partial charge >= 0.3 is 0 Å². The average Bonchev–Trinajstić information content (AvgIpc) is 2.33. The Morgan fingerprint density at radius 2 is 2.26 bits per heavy atom. The molecule has 0 saturated carbocycles. The first-order valence-electron chi connectivity index (χ1n) is 6.17. The fraction of sp³-hybridized carbons (Fsp3) is 0.429. The van der Waals surface area contributed by atoms with E-state index in [0.29, 0.717) is 12.1 Å². The smallest absolute Gasteiger partial charge is 0.238 e. The Hall–Kier alpha value is -2.06. The molecule has 1 unspecified atom stereocenters. The number of hydrogen-bond donors (Lipinski definition) is 2. The Morgan fingerprint density at radius 1 is 1.58 bits per heavy atom. The first kappa shape index (κ1) is 15.0. The average molecular weight is 260 g/mol. The van der Waals surface area contributed by atoms with Crippen LogP contribution in [0.25, 0.3) is 0 Å². The van der Waals surface area contributed by atoms with Crippen molar-refractivity contribution in [3.8, 4) is 6.07 Å². The van der Waals surface area contributed by atoms with Crippen LogP contribution >= 0.6 is 0 Å². The second kappa shape index (κ2) is 6.76. The van der Waals surface area contributed by atoms with E-state index in [0.717, 1.165) is 11.3 Å². The predicted octanol–water partition coefficient (Wildman–Crippen LogP) is 1.75. The van der Waals surface area contributed by atoms with Gasteiger partial charge in [-0.15, -0.1) is 0 Å². The van der Waals surface area contributed by atoms with Crippen molar-refractivity contribution in [3.05, 3.63) is 23.8 Å². The highest BCUT2D eigenvalue weighted by Crippen LogP contribution is 2.17. The second-order valence-corrected chi connectivity index (χ2v) is 4.75. The molecule has 1 aromatic rings. The largest absolute Gasteiger partial charge is 0.399 e. The molecule has 0 bridgehead atoms. The van der Waals surface area contributed by atoms with Gasteiger partial charge in [-0.3, -0.25) is 9.69 Å². The van der Waals surface area contributed by atoms with Crippen LogP contribution in [0.5, 0.6) is 0 Å². The van der Waals surface area contributed by atoms with Crippen molar-refractivity contribution in [2.75, 3.05) is 24.6 Å². The van der Waals surface area contributed by atoms with Gasteiger partial charge in [0.05, 0.1) is 19.0 Å². The van der Waals surface area contributed by atoms with Gasteiger partial charge in [-0.05, 0) is 44.7 Å². The molecule has 1 aromatic carbocycles. The van der Waals surface area contributed by atoms with E-state index in [1.54, 1.807) is 12.1 Å². The van der Waals surface area contributed by atoms with Gasteiger partial charge in [0.25, 0.3) is 0 Å². The molecule has 0 aliphatic carbocycles. The fourth-order valence-electron chi connectivity index (χ4n) is 1.69. The number of nitrogens with zero attached hydrogens (tertiary/aromatic N) is 2. The molecule has 5 heteroatoms. The summed E-state index contributed by atoms with van der Waals surface area (Å²) in [6.07, 6.45) is 0.407. The Labute approximate surface area is 114 Å². The Balaban J connectivity index is 2.58. The number of nitrogens with two attached hydrogens (primary N) is 1. The van der Waals surface area contributed by atoms with Crippen molar-refractivity contribution in [1.82, 2.24) is 4.90 Å². The van der Waals surface area contributed by atoms with Gasteiger partial charge in [0.2, 0.25) is 5.91 Å². The zero-order chi connectivity index (χ0) is 14.4. The zero-order valence-corrected chi connectivity index (χ0v) is 11.6. The molecular weight excluding hydrogens is 240 g/mol. The van der Waals surface area contributed by atoms with Gasteiger partial charge < -0.3 is 11.1 Å². The van der Waals surface area contributed by atoms with Crippen molar-refractivity contribution in [2.24, 2.45) is 0 Å². The summed E-state index contributed by atoms with van der Waals surface area (Å²) in [5, 5.41) is 11.5. The number of amides is 1. The maximum absolute atomic E-state index is 11.9. The van der Waals surface area contributed by atoms with Crippen LogP contribution in [0.4, 0.5) is 11.4 Å². The van der Waals surface area contributed by atoms with Crippen molar-refractivity contribution >= 4 is 17.3 Å². The van der Waals surface area contributed by atoms with E-state index in [1.807, 2.05) is 31.9 Å². The van der Waals surface area contributed by atoms with E-state index in [1.165, 1.54) is 0 Å². The van der Waals surface area contributed by atoms with Crippen LogP contribution in [0.15, 0.2) is 18.2 Å². The maximum Gasteiger partial charge on any atom is 0.238 e. The van der Waals surface area contributed by atoms with E-state index in [9.17, 15) is 4.79 Å². The van der Waals surface area contributed by atoms with Gasteiger partial charge in [-0.1, -0.05) is 0 Å². The summed E-state index contributed by atoms with van der Waals surface area (Å²) >= 11 is 0. The summed E-state index contributed by atoms with van der Waals surface area (Å²) in [4.78, 5) is 13.8. The minimum absolute atomic E-state index is 0.0586. The van der Waals surface area contributed by atoms with Gasteiger partial charge in [-0.2, -0.15) is 5.26 Å². The molecule has 102 valence electrons. The third kappa shape index (κ3) is 4.60. The number of nitrogens with one attached hydrogen (secondary N) is 1. The number of rotatable bonds is 5. The van der Waals surface area contributed by atoms with E-state index < -0.39 is 0 Å². The number of likely N-dealkylation sites (N-methyl/N-ethyl adjacent to an activating group) is 1. The third-order valence-corrected chi connectivity index (χ3v) is 3.06. The molecule has 0 fully saturated rings.